The summed E-state index contributed by atoms with van der Waals surface area (Å²) in [6.45, 7) is 5.01. The lowest BCUT2D eigenvalue weighted by Gasteiger charge is -2.17. The third kappa shape index (κ3) is 3.83. The largest absolute Gasteiger partial charge is 0.314 e. The minimum absolute atomic E-state index is 0.763. The SMILES string of the molecule is c1ccc(C2CCN(CCCNC3CCCC3)C2)cc1. The molecule has 0 radical (unpaired) electrons. The van der Waals surface area contributed by atoms with Crippen LogP contribution in [0.1, 0.15) is 50.0 Å². The van der Waals surface area contributed by atoms with Crippen molar-refractivity contribution in [3.05, 3.63) is 35.9 Å². The molecule has 1 aromatic carbocycles. The molecule has 1 unspecified atom stereocenters. The van der Waals surface area contributed by atoms with Crippen LogP contribution in [0.25, 0.3) is 0 Å². The molecule has 1 aliphatic carbocycles. The van der Waals surface area contributed by atoms with Crippen LogP contribution in [0.2, 0.25) is 0 Å². The predicted octanol–water partition coefficient (Wildman–Crippen LogP) is 3.40. The van der Waals surface area contributed by atoms with Crippen molar-refractivity contribution in [3.8, 4) is 0 Å². The Labute approximate surface area is 123 Å². The maximum atomic E-state index is 3.72. The summed E-state index contributed by atoms with van der Waals surface area (Å²) in [5, 5.41) is 3.72. The van der Waals surface area contributed by atoms with Crippen LogP contribution in [0.15, 0.2) is 30.3 Å². The molecule has 2 fully saturated rings. The smallest absolute Gasteiger partial charge is 0.00670 e. The van der Waals surface area contributed by atoms with E-state index < -0.39 is 0 Å². The molecule has 2 heteroatoms. The Balaban J connectivity index is 1.33. The Morgan fingerprint density at radius 3 is 2.65 bits per heavy atom. The maximum absolute atomic E-state index is 3.72. The molecule has 1 aromatic rings. The first-order valence-corrected chi connectivity index (χ1v) is 8.42. The number of nitrogens with one attached hydrogen (secondary N) is 1. The van der Waals surface area contributed by atoms with Gasteiger partial charge in [-0.3, -0.25) is 0 Å². The summed E-state index contributed by atoms with van der Waals surface area (Å²) in [5.74, 6) is 0.763. The normalized spacial score (nSPS) is 24.5. The van der Waals surface area contributed by atoms with Crippen LogP contribution in [-0.2, 0) is 0 Å². The highest BCUT2D eigenvalue weighted by Crippen LogP contribution is 2.26. The van der Waals surface area contributed by atoms with Gasteiger partial charge in [0, 0.05) is 12.6 Å². The molecule has 0 bridgehead atoms. The fourth-order valence-corrected chi connectivity index (χ4v) is 3.77. The molecule has 0 aromatic heterocycles. The van der Waals surface area contributed by atoms with E-state index in [-0.39, 0.29) is 0 Å². The summed E-state index contributed by atoms with van der Waals surface area (Å²) in [6.07, 6.45) is 8.31. The minimum atomic E-state index is 0.763. The molecule has 2 aliphatic rings. The topological polar surface area (TPSA) is 15.3 Å². The van der Waals surface area contributed by atoms with Crippen LogP contribution < -0.4 is 5.32 Å². The van der Waals surface area contributed by atoms with E-state index in [1.807, 2.05) is 0 Å². The second kappa shape index (κ2) is 7.24. The lowest BCUT2D eigenvalue weighted by Crippen LogP contribution is -2.30. The Morgan fingerprint density at radius 1 is 1.05 bits per heavy atom. The van der Waals surface area contributed by atoms with E-state index in [9.17, 15) is 0 Å². The summed E-state index contributed by atoms with van der Waals surface area (Å²) >= 11 is 0. The molecule has 1 saturated carbocycles. The van der Waals surface area contributed by atoms with Crippen molar-refractivity contribution in [2.75, 3.05) is 26.2 Å². The van der Waals surface area contributed by atoms with Gasteiger partial charge in [-0.25, -0.2) is 0 Å². The van der Waals surface area contributed by atoms with E-state index >= 15 is 0 Å². The molecule has 0 spiro atoms. The first-order chi connectivity index (χ1) is 9.92. The molecule has 2 nitrogen and oxygen atoms in total. The van der Waals surface area contributed by atoms with Gasteiger partial charge in [0.15, 0.2) is 0 Å². The van der Waals surface area contributed by atoms with Crippen LogP contribution in [0.3, 0.4) is 0 Å². The lowest BCUT2D eigenvalue weighted by molar-refractivity contribution is 0.323. The molecule has 0 amide bonds. The average molecular weight is 272 g/mol. The highest BCUT2D eigenvalue weighted by Gasteiger charge is 2.23. The standard InChI is InChI=1S/C18H28N2/c1-2-7-16(8-3-1)17-11-14-20(15-17)13-6-12-19-18-9-4-5-10-18/h1-3,7-8,17-19H,4-6,9-15H2. The summed E-state index contributed by atoms with van der Waals surface area (Å²) in [5.41, 5.74) is 1.53. The van der Waals surface area contributed by atoms with Crippen molar-refractivity contribution < 1.29 is 0 Å². The van der Waals surface area contributed by atoms with E-state index in [0.29, 0.717) is 0 Å². The maximum Gasteiger partial charge on any atom is 0.00670 e. The van der Waals surface area contributed by atoms with E-state index in [2.05, 4.69) is 40.5 Å². The fourth-order valence-electron chi connectivity index (χ4n) is 3.77. The van der Waals surface area contributed by atoms with Crippen LogP contribution in [0.5, 0.6) is 0 Å². The molecule has 1 atom stereocenters. The first-order valence-electron chi connectivity index (χ1n) is 8.42. The summed E-state index contributed by atoms with van der Waals surface area (Å²) in [7, 11) is 0. The van der Waals surface area contributed by atoms with Gasteiger partial charge in [-0.05, 0) is 56.8 Å². The van der Waals surface area contributed by atoms with Gasteiger partial charge < -0.3 is 10.2 Å². The minimum Gasteiger partial charge on any atom is -0.314 e. The van der Waals surface area contributed by atoms with Gasteiger partial charge in [0.05, 0.1) is 0 Å². The molecule has 20 heavy (non-hydrogen) atoms. The number of hydrogen-bond donors (Lipinski definition) is 1. The molecular weight excluding hydrogens is 244 g/mol. The van der Waals surface area contributed by atoms with Gasteiger partial charge in [0.1, 0.15) is 0 Å². The van der Waals surface area contributed by atoms with Crippen LogP contribution in [0, 0.1) is 0 Å². The van der Waals surface area contributed by atoms with Gasteiger partial charge in [0.25, 0.3) is 0 Å². The Bertz CT molecular complexity index is 384. The number of likely N-dealkylation sites (tertiary alicyclic amines) is 1. The molecule has 1 N–H and O–H groups in total. The zero-order valence-electron chi connectivity index (χ0n) is 12.6. The van der Waals surface area contributed by atoms with Gasteiger partial charge in [0.2, 0.25) is 0 Å². The van der Waals surface area contributed by atoms with E-state index in [0.717, 1.165) is 12.0 Å². The monoisotopic (exact) mass is 272 g/mol. The third-order valence-corrected chi connectivity index (χ3v) is 4.98. The van der Waals surface area contributed by atoms with Crippen LogP contribution in [0.4, 0.5) is 0 Å². The second-order valence-electron chi connectivity index (χ2n) is 6.49. The number of hydrogen-bond acceptors (Lipinski definition) is 2. The quantitative estimate of drug-likeness (QED) is 0.799. The van der Waals surface area contributed by atoms with Crippen molar-refractivity contribution in [2.24, 2.45) is 0 Å². The van der Waals surface area contributed by atoms with E-state index in [4.69, 9.17) is 0 Å². The van der Waals surface area contributed by atoms with Crippen molar-refractivity contribution in [1.29, 1.82) is 0 Å². The van der Waals surface area contributed by atoms with Gasteiger partial charge in [-0.1, -0.05) is 43.2 Å². The zero-order valence-corrected chi connectivity index (χ0v) is 12.6. The van der Waals surface area contributed by atoms with Crippen LogP contribution in [-0.4, -0.2) is 37.1 Å². The molecule has 110 valence electrons. The Morgan fingerprint density at radius 2 is 1.85 bits per heavy atom. The van der Waals surface area contributed by atoms with Crippen molar-refractivity contribution >= 4 is 0 Å². The van der Waals surface area contributed by atoms with Gasteiger partial charge in [-0.2, -0.15) is 0 Å². The summed E-state index contributed by atoms with van der Waals surface area (Å²) in [6, 6.07) is 11.9. The number of nitrogens with zero attached hydrogens (tertiary/aromatic N) is 1. The zero-order chi connectivity index (χ0) is 13.6. The lowest BCUT2D eigenvalue weighted by atomic mass is 9.99. The molecule has 1 saturated heterocycles. The summed E-state index contributed by atoms with van der Waals surface area (Å²) in [4.78, 5) is 2.65. The Kier molecular flexibility index (Phi) is 5.10. The van der Waals surface area contributed by atoms with Gasteiger partial charge in [-0.15, -0.1) is 0 Å². The highest BCUT2D eigenvalue weighted by atomic mass is 15.1. The van der Waals surface area contributed by atoms with Crippen molar-refractivity contribution in [2.45, 2.75) is 50.5 Å². The van der Waals surface area contributed by atoms with Crippen LogP contribution >= 0.6 is 0 Å². The predicted molar refractivity (Wildman–Crippen MR) is 85.1 cm³/mol. The van der Waals surface area contributed by atoms with E-state index in [1.54, 1.807) is 0 Å². The van der Waals surface area contributed by atoms with E-state index in [1.165, 1.54) is 70.3 Å². The molecule has 1 aliphatic heterocycles. The number of rotatable bonds is 6. The number of benzene rings is 1. The highest BCUT2D eigenvalue weighted by molar-refractivity contribution is 5.20. The Hall–Kier alpha value is -0.860. The fraction of sp³-hybridized carbons (Fsp3) is 0.667. The molecule has 3 rings (SSSR count). The summed E-state index contributed by atoms with van der Waals surface area (Å²) < 4.78 is 0. The molecular formula is C18H28N2. The van der Waals surface area contributed by atoms with Crippen molar-refractivity contribution in [1.82, 2.24) is 10.2 Å². The van der Waals surface area contributed by atoms with Gasteiger partial charge >= 0.3 is 0 Å². The second-order valence-corrected chi connectivity index (χ2v) is 6.49. The average Bonchev–Trinajstić information content (AvgIpc) is 3.16. The third-order valence-electron chi connectivity index (χ3n) is 4.98. The van der Waals surface area contributed by atoms with Crippen molar-refractivity contribution in [3.63, 3.8) is 0 Å². The molecule has 1 heterocycles. The first kappa shape index (κ1) is 14.1.